The van der Waals surface area contributed by atoms with E-state index in [1.807, 2.05) is 37.4 Å². The number of aryl methyl sites for hydroxylation is 1. The summed E-state index contributed by atoms with van der Waals surface area (Å²) >= 11 is 0. The molecule has 4 aromatic rings. The second-order valence-electron chi connectivity index (χ2n) is 10.7. The van der Waals surface area contributed by atoms with Gasteiger partial charge in [0.05, 0.1) is 29.9 Å². The zero-order chi connectivity index (χ0) is 27.9. The minimum atomic E-state index is -0.265. The number of carbonyl (C=O) groups is 1. The smallest absolute Gasteiger partial charge is 0.247 e. The number of ether oxygens (including phenoxy) is 1. The standard InChI is InChI=1S/C31H35N7O2/c1-5-29(39)33-24-17-25(28(40-4)18-27(24)38-16-13-31(20-38)12-8-15-37(31)3)35-30-32-14-11-23(34-30)22-19-36(2)26-10-7-6-9-21(22)26/h5-7,9-11,14,17-19H,1,8,12-13,15-16,20H2,2-4H3,(H,33,39)(H,32,34,35). The lowest BCUT2D eigenvalue weighted by molar-refractivity contribution is -0.111. The second kappa shape index (κ2) is 10.3. The number of nitrogens with one attached hydrogen (secondary N) is 2. The van der Waals surface area contributed by atoms with Gasteiger partial charge in [0.2, 0.25) is 11.9 Å². The van der Waals surface area contributed by atoms with Crippen LogP contribution in [0.25, 0.3) is 22.2 Å². The maximum atomic E-state index is 12.5. The molecule has 1 amide bonds. The van der Waals surface area contributed by atoms with Crippen molar-refractivity contribution in [3.63, 3.8) is 0 Å². The molecule has 9 nitrogen and oxygen atoms in total. The van der Waals surface area contributed by atoms with E-state index < -0.39 is 0 Å². The summed E-state index contributed by atoms with van der Waals surface area (Å²) in [5, 5.41) is 7.48. The molecule has 2 aromatic heterocycles. The lowest BCUT2D eigenvalue weighted by Crippen LogP contribution is -2.43. The van der Waals surface area contributed by atoms with Crippen LogP contribution in [0.5, 0.6) is 5.75 Å². The zero-order valence-electron chi connectivity index (χ0n) is 23.3. The average Bonchev–Trinajstić information content (AvgIpc) is 3.66. The van der Waals surface area contributed by atoms with Crippen LogP contribution in [0.1, 0.15) is 19.3 Å². The Bertz CT molecular complexity index is 1600. The van der Waals surface area contributed by atoms with Crippen LogP contribution >= 0.6 is 0 Å². The number of rotatable bonds is 7. The molecule has 206 valence electrons. The van der Waals surface area contributed by atoms with Gasteiger partial charge in [0.1, 0.15) is 5.75 Å². The summed E-state index contributed by atoms with van der Waals surface area (Å²) in [5.41, 5.74) is 5.44. The monoisotopic (exact) mass is 537 g/mol. The Morgan fingerprint density at radius 3 is 2.75 bits per heavy atom. The predicted molar refractivity (Wildman–Crippen MR) is 160 cm³/mol. The maximum Gasteiger partial charge on any atom is 0.247 e. The third kappa shape index (κ3) is 4.56. The first kappa shape index (κ1) is 25.9. The molecule has 2 aliphatic rings. The van der Waals surface area contributed by atoms with E-state index in [-0.39, 0.29) is 11.4 Å². The van der Waals surface area contributed by atoms with E-state index in [0.717, 1.165) is 53.9 Å². The molecule has 2 fully saturated rings. The van der Waals surface area contributed by atoms with Crippen molar-refractivity contribution in [1.82, 2.24) is 19.4 Å². The van der Waals surface area contributed by atoms with Crippen molar-refractivity contribution in [3.8, 4) is 17.0 Å². The Balaban J connectivity index is 1.35. The molecule has 0 aliphatic carbocycles. The maximum absolute atomic E-state index is 12.5. The molecule has 2 N–H and O–H groups in total. The normalized spacial score (nSPS) is 18.9. The third-order valence-corrected chi connectivity index (χ3v) is 8.45. The van der Waals surface area contributed by atoms with Crippen LogP contribution in [0.2, 0.25) is 0 Å². The van der Waals surface area contributed by atoms with E-state index in [4.69, 9.17) is 9.72 Å². The number of amides is 1. The van der Waals surface area contributed by atoms with Crippen LogP contribution in [-0.4, -0.2) is 64.7 Å². The first-order chi connectivity index (χ1) is 19.4. The molecular weight excluding hydrogens is 502 g/mol. The summed E-state index contributed by atoms with van der Waals surface area (Å²) in [7, 11) is 5.90. The molecule has 1 unspecified atom stereocenters. The fourth-order valence-electron chi connectivity index (χ4n) is 6.27. The van der Waals surface area contributed by atoms with Gasteiger partial charge in [-0.05, 0) is 57.1 Å². The van der Waals surface area contributed by atoms with Crippen molar-refractivity contribution in [2.45, 2.75) is 24.8 Å². The molecule has 1 spiro atoms. The number of likely N-dealkylation sites (tertiary alicyclic amines) is 1. The number of anilines is 4. The Kier molecular flexibility index (Phi) is 6.67. The SMILES string of the molecule is C=CC(=O)Nc1cc(Nc2nccc(-c3cn(C)c4ccccc34)n2)c(OC)cc1N1CCC2(CCCN2C)C1. The van der Waals surface area contributed by atoms with Crippen molar-refractivity contribution in [2.24, 2.45) is 7.05 Å². The molecule has 0 bridgehead atoms. The molecule has 9 heteroatoms. The molecule has 1 atom stereocenters. The van der Waals surface area contributed by atoms with Gasteiger partial charge in [0, 0.05) is 60.6 Å². The Morgan fingerprint density at radius 2 is 1.98 bits per heavy atom. The number of likely N-dealkylation sites (N-methyl/N-ethyl adjacent to an activating group) is 1. The molecule has 40 heavy (non-hydrogen) atoms. The number of para-hydroxylation sites is 1. The molecule has 2 aliphatic heterocycles. The molecule has 4 heterocycles. The number of fused-ring (bicyclic) bond motifs is 1. The lowest BCUT2D eigenvalue weighted by atomic mass is 9.96. The Labute approximate surface area is 234 Å². The highest BCUT2D eigenvalue weighted by atomic mass is 16.5. The zero-order valence-corrected chi connectivity index (χ0v) is 23.3. The van der Waals surface area contributed by atoms with Gasteiger partial charge in [-0.3, -0.25) is 9.69 Å². The van der Waals surface area contributed by atoms with Crippen LogP contribution in [0.4, 0.5) is 23.0 Å². The molecule has 2 saturated heterocycles. The van der Waals surface area contributed by atoms with E-state index in [9.17, 15) is 4.79 Å². The van der Waals surface area contributed by atoms with E-state index in [2.05, 4.69) is 61.9 Å². The Morgan fingerprint density at radius 1 is 1.12 bits per heavy atom. The minimum absolute atomic E-state index is 0.180. The highest BCUT2D eigenvalue weighted by Crippen LogP contribution is 2.44. The lowest BCUT2D eigenvalue weighted by Gasteiger charge is -2.33. The molecule has 0 radical (unpaired) electrons. The van der Waals surface area contributed by atoms with Gasteiger partial charge in [0.15, 0.2) is 0 Å². The third-order valence-electron chi connectivity index (χ3n) is 8.45. The number of benzene rings is 2. The first-order valence-electron chi connectivity index (χ1n) is 13.7. The number of hydrogen-bond donors (Lipinski definition) is 2. The Hall–Kier alpha value is -4.37. The van der Waals surface area contributed by atoms with Crippen molar-refractivity contribution in [1.29, 1.82) is 0 Å². The fraction of sp³-hybridized carbons (Fsp3) is 0.323. The number of carbonyl (C=O) groups excluding carboxylic acids is 1. The average molecular weight is 538 g/mol. The highest BCUT2D eigenvalue weighted by molar-refractivity contribution is 6.02. The number of methoxy groups -OCH3 is 1. The molecule has 0 saturated carbocycles. The van der Waals surface area contributed by atoms with Crippen LogP contribution in [-0.2, 0) is 11.8 Å². The largest absolute Gasteiger partial charge is 0.494 e. The van der Waals surface area contributed by atoms with Crippen molar-refractivity contribution in [3.05, 3.63) is 67.5 Å². The van der Waals surface area contributed by atoms with Gasteiger partial charge in [-0.15, -0.1) is 0 Å². The van der Waals surface area contributed by atoms with Gasteiger partial charge < -0.3 is 24.8 Å². The van der Waals surface area contributed by atoms with E-state index >= 15 is 0 Å². The number of nitrogens with zero attached hydrogens (tertiary/aromatic N) is 5. The van der Waals surface area contributed by atoms with Crippen molar-refractivity contribution in [2.75, 3.05) is 49.3 Å². The first-order valence-corrected chi connectivity index (χ1v) is 13.7. The predicted octanol–water partition coefficient (Wildman–Crippen LogP) is 5.19. The summed E-state index contributed by atoms with van der Waals surface area (Å²) in [5.74, 6) is 0.815. The summed E-state index contributed by atoms with van der Waals surface area (Å²) in [6.07, 6.45) is 8.61. The molecular formula is C31H35N7O2. The number of aromatic nitrogens is 3. The van der Waals surface area contributed by atoms with Crippen molar-refractivity contribution >= 4 is 39.8 Å². The second-order valence-corrected chi connectivity index (χ2v) is 10.7. The summed E-state index contributed by atoms with van der Waals surface area (Å²) in [4.78, 5) is 26.6. The van der Waals surface area contributed by atoms with Gasteiger partial charge in [-0.2, -0.15) is 0 Å². The van der Waals surface area contributed by atoms with Crippen LogP contribution in [0.15, 0.2) is 67.5 Å². The molecule has 6 rings (SSSR count). The van der Waals surface area contributed by atoms with E-state index in [1.54, 1.807) is 13.3 Å². The molecule has 2 aromatic carbocycles. The van der Waals surface area contributed by atoms with Crippen molar-refractivity contribution < 1.29 is 9.53 Å². The van der Waals surface area contributed by atoms with Crippen LogP contribution in [0, 0.1) is 0 Å². The number of hydrogen-bond acceptors (Lipinski definition) is 7. The summed E-state index contributed by atoms with van der Waals surface area (Å²) in [6, 6.07) is 14.1. The van der Waals surface area contributed by atoms with Gasteiger partial charge in [-0.1, -0.05) is 24.8 Å². The van der Waals surface area contributed by atoms with Gasteiger partial charge in [0.25, 0.3) is 0 Å². The van der Waals surface area contributed by atoms with Crippen LogP contribution in [0.3, 0.4) is 0 Å². The van der Waals surface area contributed by atoms with Crippen LogP contribution < -0.4 is 20.3 Å². The summed E-state index contributed by atoms with van der Waals surface area (Å²) in [6.45, 7) is 6.59. The topological polar surface area (TPSA) is 87.5 Å². The van der Waals surface area contributed by atoms with E-state index in [1.165, 1.54) is 18.9 Å². The quantitative estimate of drug-likeness (QED) is 0.314. The van der Waals surface area contributed by atoms with E-state index in [0.29, 0.717) is 23.1 Å². The summed E-state index contributed by atoms with van der Waals surface area (Å²) < 4.78 is 7.93. The minimum Gasteiger partial charge on any atom is -0.494 e. The van der Waals surface area contributed by atoms with Gasteiger partial charge >= 0.3 is 0 Å². The van der Waals surface area contributed by atoms with Gasteiger partial charge in [-0.25, -0.2) is 9.97 Å². The fourth-order valence-corrected chi connectivity index (χ4v) is 6.27. The highest BCUT2D eigenvalue weighted by Gasteiger charge is 2.44.